The smallest absolute Gasteiger partial charge is 0.416 e. The van der Waals surface area contributed by atoms with Crippen LogP contribution in [-0.4, -0.2) is 35.8 Å². The Morgan fingerprint density at radius 3 is 2.81 bits per heavy atom. The molecule has 0 radical (unpaired) electrons. The van der Waals surface area contributed by atoms with Crippen LogP contribution >= 0.6 is 0 Å². The fourth-order valence-corrected chi connectivity index (χ4v) is 2.01. The minimum absolute atomic E-state index is 0.0283. The van der Waals surface area contributed by atoms with Gasteiger partial charge in [-0.1, -0.05) is 13.0 Å². The zero-order valence-corrected chi connectivity index (χ0v) is 9.01. The Kier molecular flexibility index (Phi) is 2.77. The number of imide groups is 1. The Balaban J connectivity index is 2.12. The molecule has 2 rings (SSSR count). The van der Waals surface area contributed by atoms with Crippen LogP contribution in [0.4, 0.5) is 4.79 Å². The molecule has 5 heteroatoms. The van der Waals surface area contributed by atoms with Gasteiger partial charge in [0.25, 0.3) is 0 Å². The lowest BCUT2D eigenvalue weighted by molar-refractivity contribution is -0.132. The zero-order chi connectivity index (χ0) is 11.7. The van der Waals surface area contributed by atoms with Gasteiger partial charge in [-0.3, -0.25) is 9.59 Å². The van der Waals surface area contributed by atoms with Crippen molar-refractivity contribution >= 4 is 17.8 Å². The summed E-state index contributed by atoms with van der Waals surface area (Å²) in [6, 6.07) is 0. The summed E-state index contributed by atoms with van der Waals surface area (Å²) >= 11 is 0. The third-order valence-electron chi connectivity index (χ3n) is 2.94. The SMILES string of the molecule is C[C@@H]1CC(=O)C=C[C@H]1C(=O)N1CCOC1=O. The van der Waals surface area contributed by atoms with E-state index >= 15 is 0 Å². The molecule has 5 nitrogen and oxygen atoms in total. The molecular formula is C11H13NO4. The molecule has 2 amide bonds. The summed E-state index contributed by atoms with van der Waals surface area (Å²) < 4.78 is 4.71. The van der Waals surface area contributed by atoms with E-state index in [9.17, 15) is 14.4 Å². The summed E-state index contributed by atoms with van der Waals surface area (Å²) in [5.41, 5.74) is 0. The van der Waals surface area contributed by atoms with Gasteiger partial charge >= 0.3 is 6.09 Å². The number of carbonyl (C=O) groups excluding carboxylic acids is 3. The van der Waals surface area contributed by atoms with Gasteiger partial charge in [0, 0.05) is 6.42 Å². The first-order valence-electron chi connectivity index (χ1n) is 5.29. The number of ketones is 1. The molecule has 0 aromatic carbocycles. The highest BCUT2D eigenvalue weighted by Gasteiger charge is 2.36. The molecule has 0 spiro atoms. The van der Waals surface area contributed by atoms with Gasteiger partial charge in [-0.2, -0.15) is 0 Å². The number of rotatable bonds is 1. The fraction of sp³-hybridized carbons (Fsp3) is 0.545. The van der Waals surface area contributed by atoms with Gasteiger partial charge < -0.3 is 4.74 Å². The minimum atomic E-state index is -0.581. The van der Waals surface area contributed by atoms with E-state index in [4.69, 9.17) is 4.74 Å². The molecule has 1 aliphatic carbocycles. The molecule has 2 aliphatic rings. The molecule has 1 heterocycles. The monoisotopic (exact) mass is 223 g/mol. The maximum atomic E-state index is 12.0. The Morgan fingerprint density at radius 2 is 2.25 bits per heavy atom. The first kappa shape index (κ1) is 10.9. The lowest BCUT2D eigenvalue weighted by atomic mass is 9.84. The van der Waals surface area contributed by atoms with Crippen molar-refractivity contribution in [2.75, 3.05) is 13.2 Å². The number of amides is 2. The van der Waals surface area contributed by atoms with E-state index in [1.807, 2.05) is 6.92 Å². The molecule has 86 valence electrons. The minimum Gasteiger partial charge on any atom is -0.447 e. The summed E-state index contributed by atoms with van der Waals surface area (Å²) in [5.74, 6) is -0.680. The van der Waals surface area contributed by atoms with Gasteiger partial charge in [0.15, 0.2) is 5.78 Å². The van der Waals surface area contributed by atoms with Gasteiger partial charge in [0.1, 0.15) is 6.61 Å². The molecular weight excluding hydrogens is 210 g/mol. The normalized spacial score (nSPS) is 29.4. The average Bonchev–Trinajstić information content (AvgIpc) is 2.63. The van der Waals surface area contributed by atoms with Crippen LogP contribution in [-0.2, 0) is 14.3 Å². The van der Waals surface area contributed by atoms with E-state index in [1.165, 1.54) is 6.08 Å². The molecule has 1 aliphatic heterocycles. The second-order valence-electron chi connectivity index (χ2n) is 4.14. The number of hydrogen-bond acceptors (Lipinski definition) is 4. The summed E-state index contributed by atoms with van der Waals surface area (Å²) in [6.07, 6.45) is 2.78. The quantitative estimate of drug-likeness (QED) is 0.658. The summed E-state index contributed by atoms with van der Waals surface area (Å²) in [6.45, 7) is 2.41. The number of nitrogens with zero attached hydrogens (tertiary/aromatic N) is 1. The van der Waals surface area contributed by atoms with Crippen LogP contribution in [0, 0.1) is 11.8 Å². The highest BCUT2D eigenvalue weighted by atomic mass is 16.6. The van der Waals surface area contributed by atoms with Crippen molar-refractivity contribution in [3.8, 4) is 0 Å². The van der Waals surface area contributed by atoms with Crippen molar-refractivity contribution in [2.24, 2.45) is 11.8 Å². The molecule has 0 aromatic rings. The third kappa shape index (κ3) is 1.85. The van der Waals surface area contributed by atoms with Crippen LogP contribution in [0.5, 0.6) is 0 Å². The lowest BCUT2D eigenvalue weighted by Gasteiger charge is -2.24. The highest BCUT2D eigenvalue weighted by molar-refractivity contribution is 5.98. The lowest BCUT2D eigenvalue weighted by Crippen LogP contribution is -2.39. The van der Waals surface area contributed by atoms with Crippen LogP contribution in [0.1, 0.15) is 13.3 Å². The summed E-state index contributed by atoms with van der Waals surface area (Å²) in [5, 5.41) is 0. The van der Waals surface area contributed by atoms with Crippen molar-refractivity contribution in [1.29, 1.82) is 0 Å². The standard InChI is InChI=1S/C11H13NO4/c1-7-6-8(13)2-3-9(7)10(14)12-4-5-16-11(12)15/h2-3,7,9H,4-6H2,1H3/t7-,9-/m1/s1. The number of carbonyl (C=O) groups is 3. The van der Waals surface area contributed by atoms with Gasteiger partial charge in [-0.05, 0) is 12.0 Å². The van der Waals surface area contributed by atoms with Crippen molar-refractivity contribution < 1.29 is 19.1 Å². The molecule has 0 bridgehead atoms. The van der Waals surface area contributed by atoms with Crippen molar-refractivity contribution in [3.05, 3.63) is 12.2 Å². The molecule has 2 atom stereocenters. The van der Waals surface area contributed by atoms with Gasteiger partial charge in [-0.25, -0.2) is 9.69 Å². The van der Waals surface area contributed by atoms with E-state index in [1.54, 1.807) is 6.08 Å². The predicted molar refractivity (Wildman–Crippen MR) is 54.5 cm³/mol. The number of ether oxygens (including phenoxy) is 1. The van der Waals surface area contributed by atoms with Crippen LogP contribution < -0.4 is 0 Å². The van der Waals surface area contributed by atoms with E-state index in [-0.39, 0.29) is 30.1 Å². The second-order valence-corrected chi connectivity index (χ2v) is 4.14. The number of cyclic esters (lactones) is 1. The fourth-order valence-electron chi connectivity index (χ4n) is 2.01. The van der Waals surface area contributed by atoms with E-state index < -0.39 is 6.09 Å². The van der Waals surface area contributed by atoms with Crippen LogP contribution in [0.3, 0.4) is 0 Å². The van der Waals surface area contributed by atoms with E-state index in [2.05, 4.69) is 0 Å². The summed E-state index contributed by atoms with van der Waals surface area (Å²) in [7, 11) is 0. The van der Waals surface area contributed by atoms with Crippen LogP contribution in [0.2, 0.25) is 0 Å². The first-order chi connectivity index (χ1) is 7.59. The topological polar surface area (TPSA) is 63.7 Å². The molecule has 0 unspecified atom stereocenters. The van der Waals surface area contributed by atoms with Crippen molar-refractivity contribution in [3.63, 3.8) is 0 Å². The van der Waals surface area contributed by atoms with Gasteiger partial charge in [-0.15, -0.1) is 0 Å². The average molecular weight is 223 g/mol. The Hall–Kier alpha value is -1.65. The Morgan fingerprint density at radius 1 is 1.50 bits per heavy atom. The predicted octanol–water partition coefficient (Wildman–Crippen LogP) is 0.746. The number of hydrogen-bond donors (Lipinski definition) is 0. The third-order valence-corrected chi connectivity index (χ3v) is 2.94. The van der Waals surface area contributed by atoms with E-state index in [0.717, 1.165) is 4.90 Å². The number of allylic oxidation sites excluding steroid dienone is 1. The molecule has 0 saturated carbocycles. The molecule has 1 fully saturated rings. The van der Waals surface area contributed by atoms with Crippen LogP contribution in [0.15, 0.2) is 12.2 Å². The molecule has 0 aromatic heterocycles. The Bertz CT molecular complexity index is 374. The maximum absolute atomic E-state index is 12.0. The second kappa shape index (κ2) is 4.08. The van der Waals surface area contributed by atoms with Gasteiger partial charge in [0.2, 0.25) is 5.91 Å². The highest BCUT2D eigenvalue weighted by Crippen LogP contribution is 2.25. The van der Waals surface area contributed by atoms with Crippen molar-refractivity contribution in [2.45, 2.75) is 13.3 Å². The zero-order valence-electron chi connectivity index (χ0n) is 9.01. The van der Waals surface area contributed by atoms with Crippen LogP contribution in [0.25, 0.3) is 0 Å². The molecule has 16 heavy (non-hydrogen) atoms. The Labute approximate surface area is 93.0 Å². The maximum Gasteiger partial charge on any atom is 0.416 e. The van der Waals surface area contributed by atoms with Gasteiger partial charge in [0.05, 0.1) is 12.5 Å². The summed E-state index contributed by atoms with van der Waals surface area (Å²) in [4.78, 5) is 35.4. The molecule has 0 N–H and O–H groups in total. The van der Waals surface area contributed by atoms with Crippen molar-refractivity contribution in [1.82, 2.24) is 4.90 Å². The molecule has 1 saturated heterocycles. The first-order valence-corrected chi connectivity index (χ1v) is 5.29. The largest absolute Gasteiger partial charge is 0.447 e. The van der Waals surface area contributed by atoms with E-state index in [0.29, 0.717) is 13.0 Å².